The number of aromatic nitrogens is 2. The Morgan fingerprint density at radius 2 is 2.10 bits per heavy atom. The molecule has 2 amide bonds. The fourth-order valence-corrected chi connectivity index (χ4v) is 3.36. The first-order valence-corrected chi connectivity index (χ1v) is 9.88. The Morgan fingerprint density at radius 1 is 1.34 bits per heavy atom. The van der Waals surface area contributed by atoms with Crippen molar-refractivity contribution >= 4 is 35.1 Å². The number of carbonyl (C=O) groups excluding carboxylic acids is 2. The van der Waals surface area contributed by atoms with E-state index in [1.807, 2.05) is 0 Å². The monoisotopic (exact) mass is 421 g/mol. The van der Waals surface area contributed by atoms with E-state index in [2.05, 4.69) is 20.6 Å². The SMILES string of the molecule is Nc1nc(SCC(=O)NCC2CCCO2)[nH]c(=O)c1NC(=O)c1ccc(F)cc1. The molecule has 1 fully saturated rings. The second-order valence-corrected chi connectivity index (χ2v) is 7.28. The van der Waals surface area contributed by atoms with Gasteiger partial charge in [-0.2, -0.15) is 0 Å². The molecule has 29 heavy (non-hydrogen) atoms. The highest BCUT2D eigenvalue weighted by Crippen LogP contribution is 2.17. The third-order valence-electron chi connectivity index (χ3n) is 4.16. The van der Waals surface area contributed by atoms with E-state index in [-0.39, 0.29) is 40.0 Å². The van der Waals surface area contributed by atoms with E-state index in [4.69, 9.17) is 10.5 Å². The predicted molar refractivity (Wildman–Crippen MR) is 106 cm³/mol. The summed E-state index contributed by atoms with van der Waals surface area (Å²) in [6.45, 7) is 1.16. The number of nitrogen functional groups attached to an aromatic ring is 1. The van der Waals surface area contributed by atoms with Crippen LogP contribution in [0.5, 0.6) is 0 Å². The van der Waals surface area contributed by atoms with Gasteiger partial charge in [0.15, 0.2) is 11.0 Å². The highest BCUT2D eigenvalue weighted by molar-refractivity contribution is 7.99. The molecule has 5 N–H and O–H groups in total. The molecule has 1 aliphatic rings. The van der Waals surface area contributed by atoms with Crippen LogP contribution in [0, 0.1) is 5.82 Å². The lowest BCUT2D eigenvalue weighted by atomic mass is 10.2. The molecule has 154 valence electrons. The predicted octanol–water partition coefficient (Wildman–Crippen LogP) is 1.13. The van der Waals surface area contributed by atoms with Crippen LogP contribution >= 0.6 is 11.8 Å². The number of aromatic amines is 1. The van der Waals surface area contributed by atoms with Gasteiger partial charge in [-0.3, -0.25) is 19.4 Å². The minimum Gasteiger partial charge on any atom is -0.382 e. The molecular formula is C18H20FN5O4S. The van der Waals surface area contributed by atoms with Crippen molar-refractivity contribution in [3.05, 3.63) is 46.0 Å². The van der Waals surface area contributed by atoms with Crippen molar-refractivity contribution in [3.8, 4) is 0 Å². The molecule has 0 radical (unpaired) electrons. The average molecular weight is 421 g/mol. The van der Waals surface area contributed by atoms with Crippen molar-refractivity contribution < 1.29 is 18.7 Å². The summed E-state index contributed by atoms with van der Waals surface area (Å²) in [4.78, 5) is 42.8. The third kappa shape index (κ3) is 5.78. The molecule has 1 saturated heterocycles. The molecule has 9 nitrogen and oxygen atoms in total. The van der Waals surface area contributed by atoms with Crippen LogP contribution in [-0.4, -0.2) is 46.8 Å². The molecular weight excluding hydrogens is 401 g/mol. The second-order valence-electron chi connectivity index (χ2n) is 6.32. The summed E-state index contributed by atoms with van der Waals surface area (Å²) in [6, 6.07) is 4.82. The van der Waals surface area contributed by atoms with Crippen LogP contribution in [0.4, 0.5) is 15.9 Å². The number of halogens is 1. The number of anilines is 2. The normalized spacial score (nSPS) is 15.8. The van der Waals surface area contributed by atoms with Crippen molar-refractivity contribution in [1.29, 1.82) is 0 Å². The van der Waals surface area contributed by atoms with Gasteiger partial charge in [-0.15, -0.1) is 0 Å². The molecule has 2 heterocycles. The van der Waals surface area contributed by atoms with E-state index < -0.39 is 17.3 Å². The minimum atomic E-state index is -0.657. The van der Waals surface area contributed by atoms with Crippen molar-refractivity contribution in [2.45, 2.75) is 24.1 Å². The number of thioether (sulfide) groups is 1. The number of benzene rings is 1. The Kier molecular flexibility index (Phi) is 6.83. The molecule has 1 aromatic heterocycles. The van der Waals surface area contributed by atoms with Crippen molar-refractivity contribution in [2.75, 3.05) is 30.0 Å². The number of H-pyrrole nitrogens is 1. The van der Waals surface area contributed by atoms with Gasteiger partial charge in [-0.1, -0.05) is 11.8 Å². The third-order valence-corrected chi connectivity index (χ3v) is 5.03. The number of hydrogen-bond donors (Lipinski definition) is 4. The van der Waals surface area contributed by atoms with E-state index >= 15 is 0 Å². The van der Waals surface area contributed by atoms with Gasteiger partial charge in [0, 0.05) is 18.7 Å². The van der Waals surface area contributed by atoms with E-state index in [0.717, 1.165) is 36.7 Å². The summed E-state index contributed by atoms with van der Waals surface area (Å²) in [5.74, 6) is -1.48. The van der Waals surface area contributed by atoms with Crippen LogP contribution in [-0.2, 0) is 9.53 Å². The zero-order chi connectivity index (χ0) is 20.8. The zero-order valence-electron chi connectivity index (χ0n) is 15.4. The second kappa shape index (κ2) is 9.52. The van der Waals surface area contributed by atoms with E-state index in [9.17, 15) is 18.8 Å². The van der Waals surface area contributed by atoms with Gasteiger partial charge in [0.2, 0.25) is 5.91 Å². The van der Waals surface area contributed by atoms with Gasteiger partial charge in [-0.25, -0.2) is 9.37 Å². The molecule has 0 aliphatic carbocycles. The maximum Gasteiger partial charge on any atom is 0.277 e. The fraction of sp³-hybridized carbons (Fsp3) is 0.333. The fourth-order valence-electron chi connectivity index (χ4n) is 2.66. The first-order valence-electron chi connectivity index (χ1n) is 8.90. The van der Waals surface area contributed by atoms with Gasteiger partial charge >= 0.3 is 0 Å². The number of rotatable bonds is 7. The molecule has 0 spiro atoms. The molecule has 1 aliphatic heterocycles. The van der Waals surface area contributed by atoms with Crippen LogP contribution in [0.2, 0.25) is 0 Å². The number of nitrogens with one attached hydrogen (secondary N) is 3. The summed E-state index contributed by atoms with van der Waals surface area (Å²) in [5.41, 5.74) is 5.07. The average Bonchev–Trinajstić information content (AvgIpc) is 3.21. The Balaban J connectivity index is 1.57. The molecule has 0 saturated carbocycles. The van der Waals surface area contributed by atoms with Crippen molar-refractivity contribution in [2.24, 2.45) is 0 Å². The number of hydrogen-bond acceptors (Lipinski definition) is 7. The molecule has 2 aromatic rings. The van der Waals surface area contributed by atoms with Crippen LogP contribution in [0.25, 0.3) is 0 Å². The zero-order valence-corrected chi connectivity index (χ0v) is 16.2. The number of carbonyl (C=O) groups is 2. The highest BCUT2D eigenvalue weighted by atomic mass is 32.2. The lowest BCUT2D eigenvalue weighted by Gasteiger charge is -2.11. The number of ether oxygens (including phenoxy) is 1. The van der Waals surface area contributed by atoms with Gasteiger partial charge in [0.1, 0.15) is 11.5 Å². The van der Waals surface area contributed by atoms with Crippen molar-refractivity contribution in [1.82, 2.24) is 15.3 Å². The molecule has 1 unspecified atom stereocenters. The first kappa shape index (κ1) is 20.8. The van der Waals surface area contributed by atoms with Crippen LogP contribution < -0.4 is 21.9 Å². The van der Waals surface area contributed by atoms with Gasteiger partial charge in [0.25, 0.3) is 11.5 Å². The quantitative estimate of drug-likeness (QED) is 0.388. The van der Waals surface area contributed by atoms with Gasteiger partial charge < -0.3 is 21.1 Å². The molecule has 1 aromatic carbocycles. The van der Waals surface area contributed by atoms with E-state index in [0.29, 0.717) is 13.2 Å². The summed E-state index contributed by atoms with van der Waals surface area (Å²) in [5, 5.41) is 5.28. The highest BCUT2D eigenvalue weighted by Gasteiger charge is 2.17. The summed E-state index contributed by atoms with van der Waals surface area (Å²) in [6.07, 6.45) is 1.95. The van der Waals surface area contributed by atoms with Crippen LogP contribution in [0.1, 0.15) is 23.2 Å². The van der Waals surface area contributed by atoms with Crippen molar-refractivity contribution in [3.63, 3.8) is 0 Å². The summed E-state index contributed by atoms with van der Waals surface area (Å²) in [7, 11) is 0. The molecule has 11 heteroatoms. The van der Waals surface area contributed by atoms with Gasteiger partial charge in [0.05, 0.1) is 11.9 Å². The minimum absolute atomic E-state index is 0.0381. The molecule has 1 atom stereocenters. The van der Waals surface area contributed by atoms with Crippen LogP contribution in [0.15, 0.2) is 34.2 Å². The summed E-state index contributed by atoms with van der Waals surface area (Å²) < 4.78 is 18.4. The smallest absolute Gasteiger partial charge is 0.277 e. The topological polar surface area (TPSA) is 139 Å². The number of nitrogens with zero attached hydrogens (tertiary/aromatic N) is 1. The lowest BCUT2D eigenvalue weighted by molar-refractivity contribution is -0.119. The Bertz CT molecular complexity index is 944. The Morgan fingerprint density at radius 3 is 2.76 bits per heavy atom. The number of amides is 2. The van der Waals surface area contributed by atoms with E-state index in [1.165, 1.54) is 12.1 Å². The van der Waals surface area contributed by atoms with E-state index in [1.54, 1.807) is 0 Å². The molecule has 3 rings (SSSR count). The van der Waals surface area contributed by atoms with Crippen LogP contribution in [0.3, 0.4) is 0 Å². The Labute approximate surface area is 169 Å². The first-order chi connectivity index (χ1) is 13.9. The number of nitrogens with two attached hydrogens (primary N) is 1. The Hall–Kier alpha value is -2.92. The maximum atomic E-state index is 13.0. The summed E-state index contributed by atoms with van der Waals surface area (Å²) >= 11 is 1.01. The standard InChI is InChI=1S/C18H20FN5O4S/c19-11-5-3-10(4-6-11)16(26)22-14-15(20)23-18(24-17(14)27)29-9-13(25)21-8-12-2-1-7-28-12/h3-6,12H,1-2,7-9H2,(H,21,25)(H,22,26)(H3,20,23,24,27). The lowest BCUT2D eigenvalue weighted by Crippen LogP contribution is -2.33. The van der Waals surface area contributed by atoms with Gasteiger partial charge in [-0.05, 0) is 37.1 Å². The largest absolute Gasteiger partial charge is 0.382 e. The molecule has 0 bridgehead atoms. The maximum absolute atomic E-state index is 13.0.